The highest BCUT2D eigenvalue weighted by molar-refractivity contribution is 5.01. The second-order valence-electron chi connectivity index (χ2n) is 4.19. The molecule has 3 heteroatoms. The van der Waals surface area contributed by atoms with E-state index in [0.717, 1.165) is 19.4 Å². The van der Waals surface area contributed by atoms with Crippen LogP contribution in [-0.2, 0) is 4.74 Å². The van der Waals surface area contributed by atoms with Crippen molar-refractivity contribution in [3.8, 4) is 0 Å². The zero-order valence-corrected chi connectivity index (χ0v) is 9.25. The van der Waals surface area contributed by atoms with Gasteiger partial charge < -0.3 is 15.8 Å². The summed E-state index contributed by atoms with van der Waals surface area (Å²) < 4.78 is 5.44. The summed E-state index contributed by atoms with van der Waals surface area (Å²) in [6.07, 6.45) is 6.66. The highest BCUT2D eigenvalue weighted by Crippen LogP contribution is 2.14. The van der Waals surface area contributed by atoms with Crippen molar-refractivity contribution in [3.63, 3.8) is 0 Å². The van der Waals surface area contributed by atoms with E-state index < -0.39 is 0 Å². The molecule has 14 heavy (non-hydrogen) atoms. The lowest BCUT2D eigenvalue weighted by molar-refractivity contribution is 0.0821. The molecule has 1 aliphatic carbocycles. The second-order valence-corrected chi connectivity index (χ2v) is 4.19. The summed E-state index contributed by atoms with van der Waals surface area (Å²) in [5.74, 6) is 0. The number of nitrogens with one attached hydrogen (secondary N) is 1. The molecule has 1 rings (SSSR count). The Morgan fingerprint density at radius 1 is 1.50 bits per heavy atom. The van der Waals surface area contributed by atoms with Gasteiger partial charge in [0.2, 0.25) is 0 Å². The van der Waals surface area contributed by atoms with E-state index >= 15 is 0 Å². The summed E-state index contributed by atoms with van der Waals surface area (Å²) in [6.45, 7) is 6.19. The molecule has 0 amide bonds. The average molecular weight is 198 g/mol. The summed E-state index contributed by atoms with van der Waals surface area (Å²) in [6, 6.07) is 0.545. The highest BCUT2D eigenvalue weighted by Gasteiger charge is 2.26. The van der Waals surface area contributed by atoms with E-state index in [4.69, 9.17) is 10.5 Å². The van der Waals surface area contributed by atoms with Crippen LogP contribution in [0.4, 0.5) is 0 Å². The van der Waals surface area contributed by atoms with Crippen LogP contribution in [0.25, 0.3) is 0 Å². The van der Waals surface area contributed by atoms with Gasteiger partial charge in [-0.25, -0.2) is 0 Å². The Morgan fingerprint density at radius 2 is 2.14 bits per heavy atom. The van der Waals surface area contributed by atoms with Crippen LogP contribution in [0.5, 0.6) is 0 Å². The fourth-order valence-corrected chi connectivity index (χ4v) is 1.71. The van der Waals surface area contributed by atoms with Gasteiger partial charge in [-0.2, -0.15) is 0 Å². The number of ether oxygens (including phenoxy) is 1. The van der Waals surface area contributed by atoms with Gasteiger partial charge in [-0.15, -0.1) is 0 Å². The van der Waals surface area contributed by atoms with Gasteiger partial charge in [0.1, 0.15) is 0 Å². The van der Waals surface area contributed by atoms with Crippen molar-refractivity contribution in [2.24, 2.45) is 5.73 Å². The third-order valence-corrected chi connectivity index (χ3v) is 2.64. The van der Waals surface area contributed by atoms with Gasteiger partial charge in [0, 0.05) is 19.2 Å². The molecular weight excluding hydrogens is 176 g/mol. The van der Waals surface area contributed by atoms with Crippen molar-refractivity contribution in [1.29, 1.82) is 0 Å². The van der Waals surface area contributed by atoms with E-state index in [9.17, 15) is 0 Å². The van der Waals surface area contributed by atoms with E-state index in [1.54, 1.807) is 0 Å². The van der Waals surface area contributed by atoms with E-state index in [2.05, 4.69) is 24.4 Å². The Morgan fingerprint density at radius 3 is 2.64 bits per heavy atom. The fourth-order valence-electron chi connectivity index (χ4n) is 1.71. The molecule has 1 atom stereocenters. The molecule has 0 radical (unpaired) electrons. The lowest BCUT2D eigenvalue weighted by Gasteiger charge is -2.32. The van der Waals surface area contributed by atoms with Crippen LogP contribution < -0.4 is 11.1 Å². The van der Waals surface area contributed by atoms with Crippen molar-refractivity contribution in [2.45, 2.75) is 38.3 Å². The molecule has 82 valence electrons. The van der Waals surface area contributed by atoms with Crippen molar-refractivity contribution < 1.29 is 4.74 Å². The smallest absolute Gasteiger partial charge is 0.0657 e. The number of hydrogen-bond acceptors (Lipinski definition) is 3. The maximum absolute atomic E-state index is 5.76. The van der Waals surface area contributed by atoms with Gasteiger partial charge in [-0.05, 0) is 26.7 Å². The molecule has 0 aliphatic heterocycles. The van der Waals surface area contributed by atoms with Gasteiger partial charge in [-0.1, -0.05) is 12.2 Å². The van der Waals surface area contributed by atoms with Gasteiger partial charge in [0.25, 0.3) is 0 Å². The van der Waals surface area contributed by atoms with Crippen LogP contribution in [0.1, 0.15) is 26.7 Å². The summed E-state index contributed by atoms with van der Waals surface area (Å²) in [5, 5.41) is 3.56. The minimum absolute atomic E-state index is 0.0767. The first kappa shape index (κ1) is 11.7. The van der Waals surface area contributed by atoms with Crippen LogP contribution in [0.3, 0.4) is 0 Å². The molecule has 3 N–H and O–H groups in total. The molecule has 0 aromatic rings. The predicted octanol–water partition coefficient (Wildman–Crippen LogP) is 1.05. The number of rotatable bonds is 6. The summed E-state index contributed by atoms with van der Waals surface area (Å²) in [7, 11) is 0. The summed E-state index contributed by atoms with van der Waals surface area (Å²) in [5.41, 5.74) is 5.69. The Hall–Kier alpha value is -0.380. The molecule has 0 saturated heterocycles. The largest absolute Gasteiger partial charge is 0.380 e. The Bertz CT molecular complexity index is 186. The molecule has 0 fully saturated rings. The zero-order valence-electron chi connectivity index (χ0n) is 9.25. The molecule has 1 aliphatic rings. The van der Waals surface area contributed by atoms with Gasteiger partial charge >= 0.3 is 0 Å². The zero-order chi connectivity index (χ0) is 10.4. The number of nitrogens with two attached hydrogens (primary N) is 1. The molecule has 1 unspecified atom stereocenters. The van der Waals surface area contributed by atoms with Crippen LogP contribution in [0.15, 0.2) is 12.2 Å². The minimum Gasteiger partial charge on any atom is -0.380 e. The van der Waals surface area contributed by atoms with Crippen molar-refractivity contribution in [1.82, 2.24) is 5.32 Å². The monoisotopic (exact) mass is 198 g/mol. The summed E-state index contributed by atoms with van der Waals surface area (Å²) in [4.78, 5) is 0. The predicted molar refractivity (Wildman–Crippen MR) is 59.3 cm³/mol. The third kappa shape index (κ3) is 3.40. The molecular formula is C11H22N2O. The van der Waals surface area contributed by atoms with Crippen molar-refractivity contribution in [2.75, 3.05) is 19.8 Å². The van der Waals surface area contributed by atoms with Crippen LogP contribution in [-0.4, -0.2) is 31.3 Å². The van der Waals surface area contributed by atoms with E-state index in [-0.39, 0.29) is 5.54 Å². The quantitative estimate of drug-likeness (QED) is 0.627. The molecule has 0 aromatic heterocycles. The highest BCUT2D eigenvalue weighted by atomic mass is 16.5. The van der Waals surface area contributed by atoms with E-state index in [0.29, 0.717) is 19.2 Å². The minimum atomic E-state index is -0.0767. The van der Waals surface area contributed by atoms with E-state index in [1.807, 2.05) is 6.92 Å². The third-order valence-electron chi connectivity index (χ3n) is 2.64. The van der Waals surface area contributed by atoms with Gasteiger partial charge in [0.05, 0.1) is 12.1 Å². The normalized spacial score (nSPS) is 21.4. The fraction of sp³-hybridized carbons (Fsp3) is 0.818. The first-order valence-corrected chi connectivity index (χ1v) is 5.40. The Kier molecular flexibility index (Phi) is 4.58. The molecule has 0 saturated carbocycles. The maximum atomic E-state index is 5.76. The first-order chi connectivity index (χ1) is 6.70. The lowest BCUT2D eigenvalue weighted by Crippen LogP contribution is -2.55. The molecule has 0 bridgehead atoms. The standard InChI is InChI=1S/C11H22N2O/c1-3-14-9-11(2,8-12)13-10-6-4-5-7-10/h4-5,10,13H,3,6-9,12H2,1-2H3. The average Bonchev–Trinajstić information content (AvgIpc) is 2.67. The lowest BCUT2D eigenvalue weighted by atomic mass is 10.0. The topological polar surface area (TPSA) is 47.3 Å². The van der Waals surface area contributed by atoms with Crippen molar-refractivity contribution >= 4 is 0 Å². The molecule has 3 nitrogen and oxygen atoms in total. The van der Waals surface area contributed by atoms with Gasteiger partial charge in [0.15, 0.2) is 0 Å². The molecule has 0 aromatic carbocycles. The Labute approximate surface area is 86.7 Å². The Balaban J connectivity index is 2.34. The first-order valence-electron chi connectivity index (χ1n) is 5.40. The summed E-state index contributed by atoms with van der Waals surface area (Å²) >= 11 is 0. The van der Waals surface area contributed by atoms with Crippen molar-refractivity contribution in [3.05, 3.63) is 12.2 Å². The van der Waals surface area contributed by atoms with Crippen LogP contribution >= 0.6 is 0 Å². The maximum Gasteiger partial charge on any atom is 0.0657 e. The molecule has 0 heterocycles. The van der Waals surface area contributed by atoms with Crippen LogP contribution in [0.2, 0.25) is 0 Å². The molecule has 0 spiro atoms. The SMILES string of the molecule is CCOCC(C)(CN)NC1CC=CC1. The van der Waals surface area contributed by atoms with Crippen LogP contribution in [0, 0.1) is 0 Å². The van der Waals surface area contributed by atoms with E-state index in [1.165, 1.54) is 0 Å². The number of hydrogen-bond donors (Lipinski definition) is 2. The second kappa shape index (κ2) is 5.49. The van der Waals surface area contributed by atoms with Gasteiger partial charge in [-0.3, -0.25) is 0 Å².